The van der Waals surface area contributed by atoms with Gasteiger partial charge in [0.15, 0.2) is 0 Å². The van der Waals surface area contributed by atoms with Crippen LogP contribution in [0.15, 0.2) is 10.9 Å². The highest BCUT2D eigenvalue weighted by Gasteiger charge is 2.26. The maximum Gasteiger partial charge on any atom is 0.315 e. The number of amides is 2. The minimum absolute atomic E-state index is 0.0510. The molecule has 1 saturated carbocycles. The van der Waals surface area contributed by atoms with Crippen LogP contribution in [0.3, 0.4) is 0 Å². The van der Waals surface area contributed by atoms with E-state index in [0.717, 1.165) is 62.8 Å². The van der Waals surface area contributed by atoms with Gasteiger partial charge >= 0.3 is 6.03 Å². The number of rotatable bonds is 4. The van der Waals surface area contributed by atoms with Crippen molar-refractivity contribution in [2.45, 2.75) is 69.7 Å². The number of ether oxygens (including phenoxy) is 2. The number of carbonyl (C=O) groups excluding carboxylic acids is 1. The van der Waals surface area contributed by atoms with Gasteiger partial charge in [0.05, 0.1) is 31.1 Å². The number of hydrogen-bond acceptors (Lipinski definition) is 5. The Morgan fingerprint density at radius 2 is 2.07 bits per heavy atom. The van der Waals surface area contributed by atoms with E-state index in [4.69, 9.17) is 9.47 Å². The van der Waals surface area contributed by atoms with Crippen LogP contribution < -0.4 is 16.2 Å². The first kappa shape index (κ1) is 18.4. The lowest BCUT2D eigenvalue weighted by atomic mass is 9.91. The minimum atomic E-state index is -0.127. The van der Waals surface area contributed by atoms with Gasteiger partial charge in [0, 0.05) is 37.2 Å². The summed E-state index contributed by atoms with van der Waals surface area (Å²) in [6.45, 7) is 2.51. The summed E-state index contributed by atoms with van der Waals surface area (Å²) in [6.07, 6.45) is 6.40. The molecule has 0 aromatic carbocycles. The summed E-state index contributed by atoms with van der Waals surface area (Å²) in [7, 11) is 0. The Morgan fingerprint density at radius 3 is 2.85 bits per heavy atom. The minimum Gasteiger partial charge on any atom is -0.376 e. The topological polar surface area (TPSA) is 94.5 Å². The van der Waals surface area contributed by atoms with Crippen LogP contribution in [0.25, 0.3) is 0 Å². The Kier molecular flexibility index (Phi) is 5.73. The van der Waals surface area contributed by atoms with Gasteiger partial charge in [-0.1, -0.05) is 0 Å². The molecular weight excluding hydrogens is 348 g/mol. The fourth-order valence-corrected chi connectivity index (χ4v) is 4.20. The number of aromatic nitrogens is 2. The van der Waals surface area contributed by atoms with Crippen LogP contribution in [0, 0.1) is 0 Å². The highest BCUT2D eigenvalue weighted by atomic mass is 16.5. The zero-order valence-corrected chi connectivity index (χ0v) is 15.6. The first-order valence-electron chi connectivity index (χ1n) is 10.0. The van der Waals surface area contributed by atoms with E-state index in [1.165, 1.54) is 0 Å². The van der Waals surface area contributed by atoms with E-state index in [1.807, 2.05) is 0 Å². The molecule has 1 unspecified atom stereocenters. The van der Waals surface area contributed by atoms with Crippen molar-refractivity contribution < 1.29 is 14.3 Å². The molecule has 1 aromatic heterocycles. The predicted molar refractivity (Wildman–Crippen MR) is 98.7 cm³/mol. The third-order valence-electron chi connectivity index (χ3n) is 5.76. The van der Waals surface area contributed by atoms with E-state index < -0.39 is 0 Å². The molecule has 0 spiro atoms. The normalized spacial score (nSPS) is 27.8. The number of hydrogen-bond donors (Lipinski definition) is 2. The van der Waals surface area contributed by atoms with Crippen LogP contribution in [0.2, 0.25) is 0 Å². The lowest BCUT2D eigenvalue weighted by Crippen LogP contribution is -2.46. The van der Waals surface area contributed by atoms with Gasteiger partial charge in [0.2, 0.25) is 0 Å². The predicted octanol–water partition coefficient (Wildman–Crippen LogP) is 1.28. The molecule has 8 nitrogen and oxygen atoms in total. The molecule has 4 rings (SSSR count). The SMILES string of the molecule is O=C(NCC1CCCO1)NC1CCC(n2nc3c(cc2=O)COCC3)CC1. The van der Waals surface area contributed by atoms with Crippen molar-refractivity contribution in [1.29, 1.82) is 0 Å². The van der Waals surface area contributed by atoms with Gasteiger partial charge in [-0.3, -0.25) is 4.79 Å². The molecule has 2 aliphatic heterocycles. The molecular formula is C19H28N4O4. The van der Waals surface area contributed by atoms with E-state index in [1.54, 1.807) is 10.7 Å². The molecule has 2 amide bonds. The van der Waals surface area contributed by atoms with Crippen molar-refractivity contribution in [3.63, 3.8) is 0 Å². The van der Waals surface area contributed by atoms with Gasteiger partial charge in [-0.15, -0.1) is 0 Å². The van der Waals surface area contributed by atoms with Crippen molar-refractivity contribution in [1.82, 2.24) is 20.4 Å². The Morgan fingerprint density at radius 1 is 1.22 bits per heavy atom. The summed E-state index contributed by atoms with van der Waals surface area (Å²) in [4.78, 5) is 24.5. The van der Waals surface area contributed by atoms with Gasteiger partial charge in [0.25, 0.3) is 5.56 Å². The molecule has 1 saturated heterocycles. The first-order valence-corrected chi connectivity index (χ1v) is 10.0. The van der Waals surface area contributed by atoms with Crippen molar-refractivity contribution in [2.24, 2.45) is 0 Å². The molecule has 1 atom stereocenters. The summed E-state index contributed by atoms with van der Waals surface area (Å²) in [5.74, 6) is 0. The zero-order valence-electron chi connectivity index (χ0n) is 15.6. The molecule has 8 heteroatoms. The average Bonchev–Trinajstić information content (AvgIpc) is 3.20. The van der Waals surface area contributed by atoms with Crippen LogP contribution in [0.5, 0.6) is 0 Å². The summed E-state index contributed by atoms with van der Waals surface area (Å²) >= 11 is 0. The molecule has 1 aliphatic carbocycles. The third kappa shape index (κ3) is 4.50. The zero-order chi connectivity index (χ0) is 18.6. The van der Waals surface area contributed by atoms with Crippen molar-refractivity contribution in [3.8, 4) is 0 Å². The van der Waals surface area contributed by atoms with Crippen LogP contribution in [-0.4, -0.2) is 47.7 Å². The van der Waals surface area contributed by atoms with Gasteiger partial charge in [0.1, 0.15) is 0 Å². The highest BCUT2D eigenvalue weighted by molar-refractivity contribution is 5.74. The van der Waals surface area contributed by atoms with E-state index >= 15 is 0 Å². The smallest absolute Gasteiger partial charge is 0.315 e. The fraction of sp³-hybridized carbons (Fsp3) is 0.737. The molecule has 1 aromatic rings. The third-order valence-corrected chi connectivity index (χ3v) is 5.76. The second-order valence-corrected chi connectivity index (χ2v) is 7.70. The largest absolute Gasteiger partial charge is 0.376 e. The van der Waals surface area contributed by atoms with E-state index in [0.29, 0.717) is 19.8 Å². The summed E-state index contributed by atoms with van der Waals surface area (Å²) in [6, 6.07) is 1.80. The van der Waals surface area contributed by atoms with Gasteiger partial charge < -0.3 is 20.1 Å². The molecule has 2 fully saturated rings. The molecule has 0 radical (unpaired) electrons. The Hall–Kier alpha value is -1.93. The number of urea groups is 1. The Bertz CT molecular complexity index is 721. The molecule has 3 aliphatic rings. The lowest BCUT2D eigenvalue weighted by molar-refractivity contribution is 0.107. The highest BCUT2D eigenvalue weighted by Crippen LogP contribution is 2.27. The van der Waals surface area contributed by atoms with Crippen molar-refractivity contribution in [3.05, 3.63) is 27.7 Å². The number of carbonyl (C=O) groups is 1. The number of nitrogens with one attached hydrogen (secondary N) is 2. The van der Waals surface area contributed by atoms with Gasteiger partial charge in [-0.25, -0.2) is 9.48 Å². The molecule has 2 N–H and O–H groups in total. The standard InChI is InChI=1S/C19H28N4O4/c24-18-10-13-12-26-9-7-17(13)22-23(18)15-5-3-14(4-6-15)21-19(25)20-11-16-2-1-8-27-16/h10,14-16H,1-9,11-12H2,(H2,20,21,25). The fourth-order valence-electron chi connectivity index (χ4n) is 4.20. The number of fused-ring (bicyclic) bond motifs is 1. The number of nitrogens with zero attached hydrogens (tertiary/aromatic N) is 2. The Balaban J connectivity index is 1.27. The average molecular weight is 376 g/mol. The van der Waals surface area contributed by atoms with Crippen LogP contribution in [0.4, 0.5) is 4.79 Å². The summed E-state index contributed by atoms with van der Waals surface area (Å²) in [5, 5.41) is 10.6. The second-order valence-electron chi connectivity index (χ2n) is 7.70. The van der Waals surface area contributed by atoms with Gasteiger partial charge in [-0.05, 0) is 38.5 Å². The summed E-state index contributed by atoms with van der Waals surface area (Å²) in [5.41, 5.74) is 1.85. The van der Waals surface area contributed by atoms with Crippen LogP contribution in [0.1, 0.15) is 55.8 Å². The van der Waals surface area contributed by atoms with E-state index in [-0.39, 0.29) is 29.8 Å². The van der Waals surface area contributed by atoms with Gasteiger partial charge in [-0.2, -0.15) is 5.10 Å². The lowest BCUT2D eigenvalue weighted by Gasteiger charge is -2.30. The van der Waals surface area contributed by atoms with Crippen LogP contribution >= 0.6 is 0 Å². The van der Waals surface area contributed by atoms with Crippen LogP contribution in [-0.2, 0) is 22.5 Å². The maximum atomic E-state index is 12.4. The second kappa shape index (κ2) is 8.39. The molecule has 27 heavy (non-hydrogen) atoms. The molecule has 0 bridgehead atoms. The van der Waals surface area contributed by atoms with Crippen molar-refractivity contribution >= 4 is 6.03 Å². The van der Waals surface area contributed by atoms with E-state index in [9.17, 15) is 9.59 Å². The first-order chi connectivity index (χ1) is 13.2. The van der Waals surface area contributed by atoms with Crippen molar-refractivity contribution in [2.75, 3.05) is 19.8 Å². The quantitative estimate of drug-likeness (QED) is 0.825. The molecule has 3 heterocycles. The monoisotopic (exact) mass is 376 g/mol. The Labute approximate surface area is 158 Å². The molecule has 148 valence electrons. The van der Waals surface area contributed by atoms with E-state index in [2.05, 4.69) is 15.7 Å². The summed E-state index contributed by atoms with van der Waals surface area (Å²) < 4.78 is 12.6. The maximum absolute atomic E-state index is 12.4.